The molecule has 1 aromatic heterocycles. The van der Waals surface area contributed by atoms with Crippen LogP contribution in [0.4, 0.5) is 5.82 Å². The van der Waals surface area contributed by atoms with E-state index in [1.54, 1.807) is 11.6 Å². The van der Waals surface area contributed by atoms with Crippen molar-refractivity contribution in [2.45, 2.75) is 25.4 Å². The Morgan fingerprint density at radius 3 is 2.68 bits per heavy atom. The summed E-state index contributed by atoms with van der Waals surface area (Å²) >= 11 is 1.50. The molecule has 2 N–H and O–H groups in total. The second-order valence-corrected chi connectivity index (χ2v) is 5.50. The van der Waals surface area contributed by atoms with Crippen molar-refractivity contribution in [1.29, 1.82) is 0 Å². The number of carbonyl (C=O) groups is 1. The Kier molecular flexibility index (Phi) is 6.17. The number of aromatic nitrogens is 2. The number of ether oxygens (including phenoxy) is 1. The van der Waals surface area contributed by atoms with E-state index < -0.39 is 5.97 Å². The van der Waals surface area contributed by atoms with Crippen molar-refractivity contribution >= 4 is 23.5 Å². The summed E-state index contributed by atoms with van der Waals surface area (Å²) in [4.78, 5) is 14.0. The van der Waals surface area contributed by atoms with Crippen LogP contribution in [0.15, 0.2) is 5.03 Å². The predicted molar refractivity (Wildman–Crippen MR) is 77.5 cm³/mol. The first-order valence-electron chi connectivity index (χ1n) is 6.32. The fourth-order valence-electron chi connectivity index (χ4n) is 1.55. The Morgan fingerprint density at radius 1 is 1.47 bits per heavy atom. The number of nitrogens with two attached hydrogens (primary N) is 1. The minimum atomic E-state index is -0.396. The van der Waals surface area contributed by atoms with Gasteiger partial charge in [-0.15, -0.1) is 11.8 Å². The summed E-state index contributed by atoms with van der Waals surface area (Å²) in [6, 6.07) is 0. The van der Waals surface area contributed by atoms with Gasteiger partial charge < -0.3 is 15.4 Å². The molecule has 0 atom stereocenters. The molecule has 0 aliphatic carbocycles. The van der Waals surface area contributed by atoms with E-state index in [-0.39, 0.29) is 0 Å². The Bertz CT molecular complexity index is 432. The van der Waals surface area contributed by atoms with Gasteiger partial charge in [0.25, 0.3) is 0 Å². The molecule has 0 aliphatic rings. The Balaban J connectivity index is 3.01. The maximum atomic E-state index is 11.9. The number of carbonyl (C=O) groups excluding carboxylic acids is 1. The summed E-state index contributed by atoms with van der Waals surface area (Å²) in [5.74, 6) is 0.819. The fourth-order valence-corrected chi connectivity index (χ4v) is 2.31. The molecule has 19 heavy (non-hydrogen) atoms. The minimum Gasteiger partial charge on any atom is -0.462 e. The van der Waals surface area contributed by atoms with Crippen LogP contribution < -0.4 is 5.73 Å². The molecule has 0 bridgehead atoms. The largest absolute Gasteiger partial charge is 0.462 e. The highest BCUT2D eigenvalue weighted by molar-refractivity contribution is 7.99. The first-order chi connectivity index (χ1) is 9.01. The molecule has 1 aromatic rings. The van der Waals surface area contributed by atoms with Gasteiger partial charge in [-0.3, -0.25) is 0 Å². The van der Waals surface area contributed by atoms with E-state index in [0.717, 1.165) is 12.3 Å². The third kappa shape index (κ3) is 4.14. The van der Waals surface area contributed by atoms with Crippen molar-refractivity contribution in [3.8, 4) is 0 Å². The van der Waals surface area contributed by atoms with Crippen molar-refractivity contribution < 1.29 is 9.53 Å². The second-order valence-electron chi connectivity index (χ2n) is 4.25. The maximum absolute atomic E-state index is 11.9. The van der Waals surface area contributed by atoms with E-state index in [9.17, 15) is 4.79 Å². The van der Waals surface area contributed by atoms with E-state index in [2.05, 4.69) is 5.10 Å². The molecule has 6 nitrogen and oxygen atoms in total. The number of nitrogen functional groups attached to an aromatic ring is 1. The van der Waals surface area contributed by atoms with E-state index >= 15 is 0 Å². The molecule has 0 amide bonds. The van der Waals surface area contributed by atoms with Crippen molar-refractivity contribution in [3.05, 3.63) is 5.56 Å². The summed E-state index contributed by atoms with van der Waals surface area (Å²) in [5.41, 5.74) is 6.42. The molecule has 1 rings (SSSR count). The van der Waals surface area contributed by atoms with Crippen LogP contribution in [0.3, 0.4) is 0 Å². The van der Waals surface area contributed by atoms with Crippen LogP contribution in [-0.2, 0) is 11.3 Å². The van der Waals surface area contributed by atoms with Gasteiger partial charge in [0.15, 0.2) is 0 Å². The monoisotopic (exact) mass is 286 g/mol. The van der Waals surface area contributed by atoms with Crippen molar-refractivity contribution in [2.24, 2.45) is 0 Å². The van der Waals surface area contributed by atoms with Crippen LogP contribution in [-0.4, -0.2) is 53.6 Å². The average molecular weight is 286 g/mol. The molecule has 1 heterocycles. The van der Waals surface area contributed by atoms with Crippen LogP contribution in [0, 0.1) is 0 Å². The molecule has 0 fully saturated rings. The Labute approximate surface area is 118 Å². The SMILES string of the molecule is CCOC(=O)c1c(SCC)nn(CCN(C)C)c1N. The molecule has 0 saturated heterocycles. The van der Waals surface area contributed by atoms with Crippen molar-refractivity contribution in [2.75, 3.05) is 38.7 Å². The summed E-state index contributed by atoms with van der Waals surface area (Å²) < 4.78 is 6.71. The number of hydrogen-bond donors (Lipinski definition) is 1. The standard InChI is InChI=1S/C12H22N4O2S/c1-5-18-12(17)9-10(13)16(8-7-15(3)4)14-11(9)19-6-2/h5-8,13H2,1-4H3. The average Bonchev–Trinajstić information content (AvgIpc) is 2.64. The summed E-state index contributed by atoms with van der Waals surface area (Å²) in [6.45, 7) is 5.57. The number of hydrogen-bond acceptors (Lipinski definition) is 6. The maximum Gasteiger partial charge on any atom is 0.344 e. The molecule has 0 saturated carbocycles. The number of likely N-dealkylation sites (N-methyl/N-ethyl adjacent to an activating group) is 1. The highest BCUT2D eigenvalue weighted by atomic mass is 32.2. The third-order valence-corrected chi connectivity index (χ3v) is 3.33. The Hall–Kier alpha value is -1.21. The van der Waals surface area contributed by atoms with Gasteiger partial charge in [0.05, 0.1) is 13.2 Å². The van der Waals surface area contributed by atoms with Gasteiger partial charge in [-0.2, -0.15) is 5.10 Å². The minimum absolute atomic E-state index is 0.331. The molecule has 0 radical (unpaired) electrons. The number of esters is 1. The zero-order chi connectivity index (χ0) is 14.4. The highest BCUT2D eigenvalue weighted by Crippen LogP contribution is 2.27. The second kappa shape index (κ2) is 7.40. The van der Waals surface area contributed by atoms with Crippen LogP contribution in [0.1, 0.15) is 24.2 Å². The normalized spacial score (nSPS) is 11.0. The predicted octanol–water partition coefficient (Wildman–Crippen LogP) is 1.32. The van der Waals surface area contributed by atoms with Gasteiger partial charge >= 0.3 is 5.97 Å². The third-order valence-electron chi connectivity index (χ3n) is 2.48. The smallest absolute Gasteiger partial charge is 0.344 e. The van der Waals surface area contributed by atoms with Crippen LogP contribution in [0.2, 0.25) is 0 Å². The number of thioether (sulfide) groups is 1. The summed E-state index contributed by atoms with van der Waals surface area (Å²) in [7, 11) is 3.96. The molecular weight excluding hydrogens is 264 g/mol. The number of nitrogens with zero attached hydrogens (tertiary/aromatic N) is 3. The molecule has 0 unspecified atom stereocenters. The van der Waals surface area contributed by atoms with E-state index in [4.69, 9.17) is 10.5 Å². The van der Waals surface area contributed by atoms with Crippen LogP contribution >= 0.6 is 11.8 Å². The first-order valence-corrected chi connectivity index (χ1v) is 7.30. The van der Waals surface area contributed by atoms with E-state index in [0.29, 0.717) is 29.6 Å². The van der Waals surface area contributed by atoms with Crippen LogP contribution in [0.5, 0.6) is 0 Å². The summed E-state index contributed by atoms with van der Waals surface area (Å²) in [6.07, 6.45) is 0. The molecule has 0 spiro atoms. The number of rotatable bonds is 7. The lowest BCUT2D eigenvalue weighted by molar-refractivity contribution is 0.0523. The van der Waals surface area contributed by atoms with Gasteiger partial charge in [-0.05, 0) is 26.8 Å². The van der Waals surface area contributed by atoms with Gasteiger partial charge in [0.2, 0.25) is 0 Å². The van der Waals surface area contributed by atoms with Gasteiger partial charge in [-0.25, -0.2) is 9.48 Å². The van der Waals surface area contributed by atoms with Gasteiger partial charge in [0, 0.05) is 6.54 Å². The lowest BCUT2D eigenvalue weighted by atomic mass is 10.3. The first kappa shape index (κ1) is 15.8. The zero-order valence-corrected chi connectivity index (χ0v) is 12.8. The van der Waals surface area contributed by atoms with Gasteiger partial charge in [0.1, 0.15) is 16.4 Å². The molecule has 108 valence electrons. The molecule has 7 heteroatoms. The molecular formula is C12H22N4O2S. The Morgan fingerprint density at radius 2 is 2.16 bits per heavy atom. The lowest BCUT2D eigenvalue weighted by Crippen LogP contribution is -2.20. The zero-order valence-electron chi connectivity index (χ0n) is 12.0. The lowest BCUT2D eigenvalue weighted by Gasteiger charge is -2.10. The quantitative estimate of drug-likeness (QED) is 0.602. The van der Waals surface area contributed by atoms with Crippen molar-refractivity contribution in [3.63, 3.8) is 0 Å². The highest BCUT2D eigenvalue weighted by Gasteiger charge is 2.23. The van der Waals surface area contributed by atoms with E-state index in [1.807, 2.05) is 25.9 Å². The molecule has 0 aromatic carbocycles. The topological polar surface area (TPSA) is 73.4 Å². The fraction of sp³-hybridized carbons (Fsp3) is 0.667. The summed E-state index contributed by atoms with van der Waals surface area (Å²) in [5, 5.41) is 5.05. The van der Waals surface area contributed by atoms with E-state index in [1.165, 1.54) is 11.8 Å². The van der Waals surface area contributed by atoms with Gasteiger partial charge in [-0.1, -0.05) is 6.92 Å². The molecule has 0 aliphatic heterocycles. The number of anilines is 1. The van der Waals surface area contributed by atoms with Crippen LogP contribution in [0.25, 0.3) is 0 Å². The van der Waals surface area contributed by atoms with Crippen molar-refractivity contribution in [1.82, 2.24) is 14.7 Å².